The second kappa shape index (κ2) is 7.51. The highest BCUT2D eigenvalue weighted by molar-refractivity contribution is 7.91. The number of rotatable bonds is 6. The maximum absolute atomic E-state index is 13.0. The standard InChI is InChI=1S/C22H17N3O5S/c26-18(15-10-16-12-24-25-22(16)23-11-15)9-6-14-4-7-17(8-5-14)31(27,28)20-3-1-2-19-21(20)30-13-29-19/h1-5,7-8,10-12H,6,9,13H2,(H,23,24,25). The van der Waals surface area contributed by atoms with Gasteiger partial charge in [0, 0.05) is 23.6 Å². The molecule has 0 fully saturated rings. The van der Waals surface area contributed by atoms with Crippen LogP contribution in [0, 0.1) is 0 Å². The van der Waals surface area contributed by atoms with Crippen molar-refractivity contribution in [3.63, 3.8) is 0 Å². The number of sulfone groups is 1. The van der Waals surface area contributed by atoms with Crippen molar-refractivity contribution in [3.05, 3.63) is 72.1 Å². The highest BCUT2D eigenvalue weighted by atomic mass is 32.2. The topological polar surface area (TPSA) is 111 Å². The Labute approximate surface area is 177 Å². The number of Topliss-reactive ketones (excluding diaryl/α,β-unsaturated/α-hetero) is 1. The van der Waals surface area contributed by atoms with Crippen LogP contribution in [0.25, 0.3) is 11.0 Å². The molecule has 156 valence electrons. The minimum Gasteiger partial charge on any atom is -0.454 e. The average Bonchev–Trinajstić information content (AvgIpc) is 3.46. The highest BCUT2D eigenvalue weighted by Gasteiger charge is 2.27. The van der Waals surface area contributed by atoms with Gasteiger partial charge in [0.05, 0.1) is 11.1 Å². The van der Waals surface area contributed by atoms with Gasteiger partial charge >= 0.3 is 0 Å². The number of hydrogen-bond acceptors (Lipinski definition) is 7. The Balaban J connectivity index is 1.31. The van der Waals surface area contributed by atoms with Gasteiger partial charge in [-0.05, 0) is 42.3 Å². The van der Waals surface area contributed by atoms with Gasteiger partial charge in [0.15, 0.2) is 22.9 Å². The molecule has 0 radical (unpaired) electrons. The van der Waals surface area contributed by atoms with Crippen molar-refractivity contribution in [1.82, 2.24) is 15.2 Å². The van der Waals surface area contributed by atoms with Gasteiger partial charge in [-0.1, -0.05) is 18.2 Å². The summed E-state index contributed by atoms with van der Waals surface area (Å²) in [6, 6.07) is 13.1. The summed E-state index contributed by atoms with van der Waals surface area (Å²) >= 11 is 0. The fourth-order valence-electron chi connectivity index (χ4n) is 3.47. The number of ketones is 1. The number of hydrogen-bond donors (Lipinski definition) is 1. The van der Waals surface area contributed by atoms with E-state index in [-0.39, 0.29) is 34.5 Å². The molecule has 31 heavy (non-hydrogen) atoms. The molecule has 1 N–H and O–H groups in total. The van der Waals surface area contributed by atoms with E-state index in [1.165, 1.54) is 12.3 Å². The van der Waals surface area contributed by atoms with Crippen LogP contribution in [0.3, 0.4) is 0 Å². The molecule has 4 aromatic rings. The van der Waals surface area contributed by atoms with Crippen molar-refractivity contribution < 1.29 is 22.7 Å². The van der Waals surface area contributed by atoms with Crippen molar-refractivity contribution in [3.8, 4) is 11.5 Å². The number of nitrogens with zero attached hydrogens (tertiary/aromatic N) is 2. The lowest BCUT2D eigenvalue weighted by atomic mass is 10.0. The molecule has 8 nitrogen and oxygen atoms in total. The Morgan fingerprint density at radius 1 is 1.06 bits per heavy atom. The number of H-pyrrole nitrogens is 1. The zero-order valence-corrected chi connectivity index (χ0v) is 17.1. The average molecular weight is 435 g/mol. The van der Waals surface area contributed by atoms with Crippen LogP contribution in [0.4, 0.5) is 0 Å². The minimum atomic E-state index is -3.76. The van der Waals surface area contributed by atoms with Gasteiger partial charge < -0.3 is 9.47 Å². The number of ether oxygens (including phenoxy) is 2. The maximum Gasteiger partial charge on any atom is 0.231 e. The lowest BCUT2D eigenvalue weighted by molar-refractivity contribution is 0.0982. The molecular formula is C22H17N3O5S. The van der Waals surface area contributed by atoms with Crippen LogP contribution in [0.5, 0.6) is 11.5 Å². The quantitative estimate of drug-likeness (QED) is 0.462. The molecular weight excluding hydrogens is 418 g/mol. The van der Waals surface area contributed by atoms with Crippen molar-refractivity contribution in [2.45, 2.75) is 22.6 Å². The normalized spacial score (nSPS) is 12.9. The number of aromatic amines is 1. The summed E-state index contributed by atoms with van der Waals surface area (Å²) in [6.45, 7) is -0.00210. The fourth-order valence-corrected chi connectivity index (χ4v) is 4.88. The lowest BCUT2D eigenvalue weighted by Gasteiger charge is -2.08. The van der Waals surface area contributed by atoms with Gasteiger partial charge in [-0.3, -0.25) is 9.89 Å². The van der Waals surface area contributed by atoms with Gasteiger partial charge in [-0.25, -0.2) is 13.4 Å². The first kappa shape index (κ1) is 19.3. The van der Waals surface area contributed by atoms with E-state index in [1.807, 2.05) is 0 Å². The summed E-state index contributed by atoms with van der Waals surface area (Å²) in [6.07, 6.45) is 3.93. The first-order valence-electron chi connectivity index (χ1n) is 9.57. The molecule has 0 atom stereocenters. The Morgan fingerprint density at radius 3 is 2.74 bits per heavy atom. The number of fused-ring (bicyclic) bond motifs is 2. The number of nitrogens with one attached hydrogen (secondary N) is 1. The molecule has 0 saturated heterocycles. The van der Waals surface area contributed by atoms with Crippen LogP contribution in [-0.4, -0.2) is 36.2 Å². The lowest BCUT2D eigenvalue weighted by Crippen LogP contribution is -2.05. The third kappa shape index (κ3) is 3.53. The second-order valence-corrected chi connectivity index (χ2v) is 9.01. The first-order chi connectivity index (χ1) is 15.0. The summed E-state index contributed by atoms with van der Waals surface area (Å²) in [7, 11) is -3.76. The Kier molecular flexibility index (Phi) is 4.67. The molecule has 1 aliphatic rings. The molecule has 0 aliphatic carbocycles. The van der Waals surface area contributed by atoms with E-state index in [4.69, 9.17) is 9.47 Å². The van der Waals surface area contributed by atoms with Crippen LogP contribution in [0.2, 0.25) is 0 Å². The van der Waals surface area contributed by atoms with Gasteiger partial charge in [0.2, 0.25) is 16.6 Å². The Hall–Kier alpha value is -3.72. The predicted molar refractivity (Wildman–Crippen MR) is 111 cm³/mol. The zero-order chi connectivity index (χ0) is 21.4. The molecule has 2 aromatic heterocycles. The fraction of sp³-hybridized carbons (Fsp3) is 0.136. The van der Waals surface area contributed by atoms with Crippen molar-refractivity contribution in [2.75, 3.05) is 6.79 Å². The third-order valence-corrected chi connectivity index (χ3v) is 6.93. The van der Waals surface area contributed by atoms with Crippen molar-refractivity contribution in [1.29, 1.82) is 0 Å². The minimum absolute atomic E-state index is 0.00210. The molecule has 0 saturated carbocycles. The van der Waals surface area contributed by atoms with E-state index >= 15 is 0 Å². The number of para-hydroxylation sites is 1. The van der Waals surface area contributed by atoms with E-state index in [9.17, 15) is 13.2 Å². The molecule has 5 rings (SSSR count). The van der Waals surface area contributed by atoms with E-state index in [1.54, 1.807) is 48.7 Å². The second-order valence-electron chi connectivity index (χ2n) is 7.09. The number of carbonyl (C=O) groups excluding carboxylic acids is 1. The third-order valence-electron chi connectivity index (χ3n) is 5.14. The molecule has 2 aromatic carbocycles. The smallest absolute Gasteiger partial charge is 0.231 e. The summed E-state index contributed by atoms with van der Waals surface area (Å²) in [5, 5.41) is 7.43. The van der Waals surface area contributed by atoms with Gasteiger partial charge in [0.25, 0.3) is 0 Å². The molecule has 1 aliphatic heterocycles. The van der Waals surface area contributed by atoms with E-state index in [0.29, 0.717) is 23.4 Å². The number of aromatic nitrogens is 3. The SMILES string of the molecule is O=C(CCc1ccc(S(=O)(=O)c2cccc3c2OCO3)cc1)c1cnc2[nH]ncc2c1. The predicted octanol–water partition coefficient (Wildman–Crippen LogP) is 3.33. The van der Waals surface area contributed by atoms with E-state index < -0.39 is 9.84 Å². The number of benzene rings is 2. The van der Waals surface area contributed by atoms with Crippen molar-refractivity contribution in [2.24, 2.45) is 0 Å². The van der Waals surface area contributed by atoms with Gasteiger partial charge in [-0.15, -0.1) is 0 Å². The van der Waals surface area contributed by atoms with E-state index in [2.05, 4.69) is 15.2 Å². The summed E-state index contributed by atoms with van der Waals surface area (Å²) in [5.41, 5.74) is 2.02. The van der Waals surface area contributed by atoms with Crippen molar-refractivity contribution >= 4 is 26.7 Å². The van der Waals surface area contributed by atoms with E-state index in [0.717, 1.165) is 10.9 Å². The molecule has 9 heteroatoms. The van der Waals surface area contributed by atoms with Gasteiger partial charge in [-0.2, -0.15) is 5.10 Å². The Morgan fingerprint density at radius 2 is 1.90 bits per heavy atom. The van der Waals surface area contributed by atoms with Crippen LogP contribution >= 0.6 is 0 Å². The van der Waals surface area contributed by atoms with Crippen LogP contribution in [-0.2, 0) is 16.3 Å². The molecule has 0 unspecified atom stereocenters. The van der Waals surface area contributed by atoms with Crippen LogP contribution < -0.4 is 9.47 Å². The van der Waals surface area contributed by atoms with Crippen LogP contribution in [0.15, 0.2) is 70.7 Å². The highest BCUT2D eigenvalue weighted by Crippen LogP contribution is 2.40. The number of aryl methyl sites for hydroxylation is 1. The summed E-state index contributed by atoms with van der Waals surface area (Å²) in [4.78, 5) is 16.9. The molecule has 0 amide bonds. The molecule has 0 bridgehead atoms. The monoisotopic (exact) mass is 435 g/mol. The molecule has 3 heterocycles. The Bertz CT molecular complexity index is 1390. The van der Waals surface area contributed by atoms with Gasteiger partial charge in [0.1, 0.15) is 4.90 Å². The number of pyridine rings is 1. The maximum atomic E-state index is 13.0. The van der Waals surface area contributed by atoms with Crippen LogP contribution in [0.1, 0.15) is 22.3 Å². The first-order valence-corrected chi connectivity index (χ1v) is 11.1. The summed E-state index contributed by atoms with van der Waals surface area (Å²) < 4.78 is 36.7. The molecule has 0 spiro atoms. The summed E-state index contributed by atoms with van der Waals surface area (Å²) in [5.74, 6) is 0.615. The number of carbonyl (C=O) groups is 1. The zero-order valence-electron chi connectivity index (χ0n) is 16.2. The largest absolute Gasteiger partial charge is 0.454 e.